The van der Waals surface area contributed by atoms with E-state index in [0.29, 0.717) is 24.1 Å². The minimum Gasteiger partial charge on any atom is -0.381 e. The lowest BCUT2D eigenvalue weighted by Gasteiger charge is -2.29. The SMILES string of the molecule is CN(CC1CCOCC1)S(=O)(=O)CC1CCNCC1. The summed E-state index contributed by atoms with van der Waals surface area (Å²) in [7, 11) is -1.37. The van der Waals surface area contributed by atoms with E-state index in [1.54, 1.807) is 11.4 Å². The largest absolute Gasteiger partial charge is 0.381 e. The van der Waals surface area contributed by atoms with E-state index in [0.717, 1.165) is 52.0 Å². The van der Waals surface area contributed by atoms with Crippen molar-refractivity contribution in [2.24, 2.45) is 11.8 Å². The third kappa shape index (κ3) is 4.70. The van der Waals surface area contributed by atoms with Crippen LogP contribution in [-0.2, 0) is 14.8 Å². The van der Waals surface area contributed by atoms with Gasteiger partial charge in [-0.3, -0.25) is 0 Å². The summed E-state index contributed by atoms with van der Waals surface area (Å²) in [6, 6.07) is 0. The first-order valence-electron chi connectivity index (χ1n) is 7.30. The standard InChI is InChI=1S/C13H26N2O3S/c1-15(10-12-4-8-18-9-5-12)19(16,17)11-13-2-6-14-7-3-13/h12-14H,2-11H2,1H3. The fourth-order valence-electron chi connectivity index (χ4n) is 2.88. The maximum absolute atomic E-state index is 12.3. The molecule has 5 nitrogen and oxygen atoms in total. The molecule has 0 unspecified atom stereocenters. The zero-order valence-electron chi connectivity index (χ0n) is 11.8. The molecule has 0 amide bonds. The van der Waals surface area contributed by atoms with Crippen molar-refractivity contribution in [1.82, 2.24) is 9.62 Å². The maximum atomic E-state index is 12.3. The second-order valence-electron chi connectivity index (χ2n) is 5.81. The maximum Gasteiger partial charge on any atom is 0.214 e. The molecule has 0 atom stereocenters. The number of hydrogen-bond acceptors (Lipinski definition) is 4. The fourth-order valence-corrected chi connectivity index (χ4v) is 4.50. The first-order valence-corrected chi connectivity index (χ1v) is 8.91. The van der Waals surface area contributed by atoms with Crippen molar-refractivity contribution < 1.29 is 13.2 Å². The molecule has 2 heterocycles. The van der Waals surface area contributed by atoms with Crippen LogP contribution in [0.25, 0.3) is 0 Å². The van der Waals surface area contributed by atoms with Crippen LogP contribution in [0.3, 0.4) is 0 Å². The van der Waals surface area contributed by atoms with Crippen molar-refractivity contribution in [1.29, 1.82) is 0 Å². The minimum atomic E-state index is -3.09. The van der Waals surface area contributed by atoms with Gasteiger partial charge in [0.15, 0.2) is 0 Å². The highest BCUT2D eigenvalue weighted by atomic mass is 32.2. The monoisotopic (exact) mass is 290 g/mol. The molecule has 2 aliphatic rings. The third-order valence-corrected chi connectivity index (χ3v) is 6.23. The molecule has 0 aromatic carbocycles. The molecule has 1 N–H and O–H groups in total. The Morgan fingerprint density at radius 1 is 1.11 bits per heavy atom. The van der Waals surface area contributed by atoms with E-state index in [1.807, 2.05) is 0 Å². The highest BCUT2D eigenvalue weighted by molar-refractivity contribution is 7.89. The molecule has 0 spiro atoms. The molecule has 2 fully saturated rings. The number of nitrogens with one attached hydrogen (secondary N) is 1. The summed E-state index contributed by atoms with van der Waals surface area (Å²) in [4.78, 5) is 0. The van der Waals surface area contributed by atoms with E-state index < -0.39 is 10.0 Å². The molecule has 6 heteroatoms. The van der Waals surface area contributed by atoms with E-state index in [-0.39, 0.29) is 0 Å². The number of ether oxygens (including phenoxy) is 1. The summed E-state index contributed by atoms with van der Waals surface area (Å²) in [5, 5.41) is 3.27. The van der Waals surface area contributed by atoms with E-state index in [9.17, 15) is 8.42 Å². The number of sulfonamides is 1. The number of nitrogens with zero attached hydrogens (tertiary/aromatic N) is 1. The molecule has 0 saturated carbocycles. The summed E-state index contributed by atoms with van der Waals surface area (Å²) in [5.74, 6) is 1.10. The van der Waals surface area contributed by atoms with Crippen molar-refractivity contribution >= 4 is 10.0 Å². The number of rotatable bonds is 5. The molecule has 112 valence electrons. The van der Waals surface area contributed by atoms with E-state index in [1.165, 1.54) is 0 Å². The first-order chi connectivity index (χ1) is 9.08. The van der Waals surface area contributed by atoms with E-state index >= 15 is 0 Å². The molecule has 0 aliphatic carbocycles. The molecular formula is C13H26N2O3S. The Kier molecular flexibility index (Phi) is 5.62. The van der Waals surface area contributed by atoms with E-state index in [4.69, 9.17) is 4.74 Å². The van der Waals surface area contributed by atoms with Gasteiger partial charge in [-0.15, -0.1) is 0 Å². The van der Waals surface area contributed by atoms with Gasteiger partial charge in [0.2, 0.25) is 10.0 Å². The van der Waals surface area contributed by atoms with Crippen molar-refractivity contribution in [3.8, 4) is 0 Å². The number of hydrogen-bond donors (Lipinski definition) is 1. The van der Waals surface area contributed by atoms with Crippen LogP contribution in [0.5, 0.6) is 0 Å². The zero-order valence-corrected chi connectivity index (χ0v) is 12.6. The van der Waals surface area contributed by atoms with Gasteiger partial charge in [-0.25, -0.2) is 12.7 Å². The van der Waals surface area contributed by atoms with Crippen LogP contribution in [0.15, 0.2) is 0 Å². The van der Waals surface area contributed by atoms with E-state index in [2.05, 4.69) is 5.32 Å². The Labute approximate surface area is 116 Å². The van der Waals surface area contributed by atoms with Gasteiger partial charge in [0.1, 0.15) is 0 Å². The lowest BCUT2D eigenvalue weighted by atomic mass is 10.0. The second kappa shape index (κ2) is 7.02. The summed E-state index contributed by atoms with van der Waals surface area (Å²) in [6.07, 6.45) is 3.91. The van der Waals surface area contributed by atoms with Gasteiger partial charge in [0, 0.05) is 26.8 Å². The van der Waals surface area contributed by atoms with Gasteiger partial charge >= 0.3 is 0 Å². The molecule has 0 aromatic heterocycles. The summed E-state index contributed by atoms with van der Waals surface area (Å²) in [6.45, 7) is 4.09. The van der Waals surface area contributed by atoms with Gasteiger partial charge < -0.3 is 10.1 Å². The van der Waals surface area contributed by atoms with Gasteiger partial charge in [0.05, 0.1) is 5.75 Å². The summed E-state index contributed by atoms with van der Waals surface area (Å²) in [5.41, 5.74) is 0. The summed E-state index contributed by atoms with van der Waals surface area (Å²) >= 11 is 0. The first kappa shape index (κ1) is 15.2. The average molecular weight is 290 g/mol. The quantitative estimate of drug-likeness (QED) is 0.809. The topological polar surface area (TPSA) is 58.6 Å². The molecule has 0 radical (unpaired) electrons. The van der Waals surface area contributed by atoms with Crippen molar-refractivity contribution in [2.45, 2.75) is 25.7 Å². The average Bonchev–Trinajstić information content (AvgIpc) is 2.40. The third-order valence-electron chi connectivity index (χ3n) is 4.24. The molecule has 2 rings (SSSR count). The molecule has 0 bridgehead atoms. The normalized spacial score (nSPS) is 23.9. The molecule has 0 aromatic rings. The van der Waals surface area contributed by atoms with Crippen LogP contribution in [0.4, 0.5) is 0 Å². The second-order valence-corrected chi connectivity index (χ2v) is 7.93. The van der Waals surface area contributed by atoms with Gasteiger partial charge in [-0.05, 0) is 50.6 Å². The van der Waals surface area contributed by atoms with Crippen LogP contribution < -0.4 is 5.32 Å². The highest BCUT2D eigenvalue weighted by Crippen LogP contribution is 2.20. The minimum absolute atomic E-state index is 0.314. The van der Waals surface area contributed by atoms with Gasteiger partial charge in [-0.1, -0.05) is 0 Å². The Morgan fingerprint density at radius 2 is 1.74 bits per heavy atom. The van der Waals surface area contributed by atoms with Crippen LogP contribution in [0.1, 0.15) is 25.7 Å². The molecule has 2 aliphatic heterocycles. The Morgan fingerprint density at radius 3 is 2.37 bits per heavy atom. The summed E-state index contributed by atoms with van der Waals surface area (Å²) < 4.78 is 31.6. The Hall–Kier alpha value is -0.170. The van der Waals surface area contributed by atoms with Crippen molar-refractivity contribution in [2.75, 3.05) is 45.6 Å². The predicted molar refractivity (Wildman–Crippen MR) is 75.6 cm³/mol. The predicted octanol–water partition coefficient (Wildman–Crippen LogP) is 0.674. The zero-order chi connectivity index (χ0) is 13.7. The van der Waals surface area contributed by atoms with Crippen LogP contribution in [0.2, 0.25) is 0 Å². The van der Waals surface area contributed by atoms with Crippen LogP contribution in [-0.4, -0.2) is 58.4 Å². The molecule has 2 saturated heterocycles. The lowest BCUT2D eigenvalue weighted by Crippen LogP contribution is -2.39. The van der Waals surface area contributed by atoms with Gasteiger partial charge in [-0.2, -0.15) is 0 Å². The van der Waals surface area contributed by atoms with Crippen LogP contribution >= 0.6 is 0 Å². The fraction of sp³-hybridized carbons (Fsp3) is 1.00. The Bertz CT molecular complexity index is 360. The molecule has 19 heavy (non-hydrogen) atoms. The smallest absolute Gasteiger partial charge is 0.214 e. The lowest BCUT2D eigenvalue weighted by molar-refractivity contribution is 0.0620. The van der Waals surface area contributed by atoms with Crippen LogP contribution in [0, 0.1) is 11.8 Å². The van der Waals surface area contributed by atoms with Gasteiger partial charge in [0.25, 0.3) is 0 Å². The highest BCUT2D eigenvalue weighted by Gasteiger charge is 2.27. The van der Waals surface area contributed by atoms with Crippen molar-refractivity contribution in [3.63, 3.8) is 0 Å². The van der Waals surface area contributed by atoms with Crippen molar-refractivity contribution in [3.05, 3.63) is 0 Å². The number of piperidine rings is 1. The Balaban J connectivity index is 1.83. The molecular weight excluding hydrogens is 264 g/mol.